The van der Waals surface area contributed by atoms with Crippen molar-refractivity contribution in [2.75, 3.05) is 6.61 Å². The SMILES string of the molecule is C[C@@]12CCC(=O)C[C@H]1CC[C@H]1[C@H]3CCCO[C@]3(C)CC[C@@H]12. The van der Waals surface area contributed by atoms with E-state index < -0.39 is 0 Å². The Morgan fingerprint density at radius 2 is 1.90 bits per heavy atom. The molecule has 4 fully saturated rings. The van der Waals surface area contributed by atoms with Crippen LogP contribution in [0.25, 0.3) is 0 Å². The molecule has 118 valence electrons. The van der Waals surface area contributed by atoms with E-state index in [1.807, 2.05) is 0 Å². The van der Waals surface area contributed by atoms with E-state index in [9.17, 15) is 4.79 Å². The van der Waals surface area contributed by atoms with Crippen LogP contribution in [-0.4, -0.2) is 18.0 Å². The van der Waals surface area contributed by atoms with Crippen LogP contribution in [0.3, 0.4) is 0 Å². The number of carbonyl (C=O) groups is 1. The van der Waals surface area contributed by atoms with Gasteiger partial charge in [-0.2, -0.15) is 0 Å². The average molecular weight is 290 g/mol. The Kier molecular flexibility index (Phi) is 3.26. The highest BCUT2D eigenvalue weighted by Crippen LogP contribution is 2.62. The van der Waals surface area contributed by atoms with Crippen molar-refractivity contribution >= 4 is 5.78 Å². The number of hydrogen-bond acceptors (Lipinski definition) is 2. The number of Topliss-reactive ketones (excluding diaryl/α,β-unsaturated/α-hetero) is 1. The van der Waals surface area contributed by atoms with E-state index in [1.54, 1.807) is 0 Å². The predicted molar refractivity (Wildman–Crippen MR) is 83.0 cm³/mol. The van der Waals surface area contributed by atoms with Crippen LogP contribution in [0.15, 0.2) is 0 Å². The van der Waals surface area contributed by atoms with Crippen molar-refractivity contribution < 1.29 is 9.53 Å². The van der Waals surface area contributed by atoms with Crippen LogP contribution in [-0.2, 0) is 9.53 Å². The number of rotatable bonds is 0. The lowest BCUT2D eigenvalue weighted by molar-refractivity contribution is -0.192. The van der Waals surface area contributed by atoms with Crippen molar-refractivity contribution in [3.63, 3.8) is 0 Å². The number of hydrogen-bond donors (Lipinski definition) is 0. The lowest BCUT2D eigenvalue weighted by Crippen LogP contribution is -2.57. The molecule has 21 heavy (non-hydrogen) atoms. The molecule has 0 unspecified atom stereocenters. The Hall–Kier alpha value is -0.370. The number of fused-ring (bicyclic) bond motifs is 5. The van der Waals surface area contributed by atoms with Crippen LogP contribution < -0.4 is 0 Å². The minimum atomic E-state index is 0.160. The Labute approximate surface area is 129 Å². The fourth-order valence-electron chi connectivity index (χ4n) is 6.64. The topological polar surface area (TPSA) is 26.3 Å². The molecular weight excluding hydrogens is 260 g/mol. The Bertz CT molecular complexity index is 445. The highest BCUT2D eigenvalue weighted by Gasteiger charge is 2.57. The summed E-state index contributed by atoms with van der Waals surface area (Å²) in [5.74, 6) is 3.69. The first-order valence-corrected chi connectivity index (χ1v) is 9.19. The van der Waals surface area contributed by atoms with Crippen LogP contribution in [0.4, 0.5) is 0 Å². The summed E-state index contributed by atoms with van der Waals surface area (Å²) in [6.07, 6.45) is 10.7. The summed E-state index contributed by atoms with van der Waals surface area (Å²) in [6, 6.07) is 0. The van der Waals surface area contributed by atoms with Gasteiger partial charge in [-0.15, -0.1) is 0 Å². The van der Waals surface area contributed by atoms with Gasteiger partial charge in [-0.3, -0.25) is 4.79 Å². The second kappa shape index (κ2) is 4.81. The molecule has 0 aromatic rings. The molecule has 4 aliphatic rings. The van der Waals surface area contributed by atoms with Crippen molar-refractivity contribution in [3.05, 3.63) is 0 Å². The summed E-state index contributed by atoms with van der Waals surface area (Å²) in [7, 11) is 0. The molecule has 0 aromatic heterocycles. The quantitative estimate of drug-likeness (QED) is 0.662. The molecule has 0 N–H and O–H groups in total. The van der Waals surface area contributed by atoms with Crippen molar-refractivity contribution in [1.82, 2.24) is 0 Å². The largest absolute Gasteiger partial charge is 0.375 e. The highest BCUT2D eigenvalue weighted by atomic mass is 16.5. The van der Waals surface area contributed by atoms with E-state index in [2.05, 4.69) is 13.8 Å². The zero-order valence-corrected chi connectivity index (χ0v) is 13.7. The molecule has 0 bridgehead atoms. The minimum absolute atomic E-state index is 0.160. The first-order valence-electron chi connectivity index (χ1n) is 9.19. The summed E-state index contributed by atoms with van der Waals surface area (Å²) >= 11 is 0. The number of ether oxygens (including phenoxy) is 1. The van der Waals surface area contributed by atoms with Crippen LogP contribution >= 0.6 is 0 Å². The van der Waals surface area contributed by atoms with E-state index in [0.29, 0.717) is 17.1 Å². The zero-order valence-electron chi connectivity index (χ0n) is 13.7. The molecule has 3 saturated carbocycles. The molecule has 0 aromatic carbocycles. The van der Waals surface area contributed by atoms with E-state index >= 15 is 0 Å². The summed E-state index contributed by atoms with van der Waals surface area (Å²) < 4.78 is 6.25. The molecule has 1 saturated heterocycles. The second-order valence-corrected chi connectivity index (χ2v) is 8.74. The van der Waals surface area contributed by atoms with Gasteiger partial charge in [-0.1, -0.05) is 6.92 Å². The Morgan fingerprint density at radius 3 is 2.76 bits per heavy atom. The molecule has 2 nitrogen and oxygen atoms in total. The lowest BCUT2D eigenvalue weighted by Gasteiger charge is -2.61. The van der Waals surface area contributed by atoms with Crippen molar-refractivity contribution in [3.8, 4) is 0 Å². The van der Waals surface area contributed by atoms with Gasteiger partial charge in [0.2, 0.25) is 0 Å². The van der Waals surface area contributed by atoms with Gasteiger partial charge in [0.1, 0.15) is 5.78 Å². The van der Waals surface area contributed by atoms with E-state index in [1.165, 1.54) is 38.5 Å². The van der Waals surface area contributed by atoms with E-state index in [4.69, 9.17) is 4.74 Å². The third-order valence-electron chi connectivity index (χ3n) is 7.91. The Morgan fingerprint density at radius 1 is 1.05 bits per heavy atom. The number of ketones is 1. The van der Waals surface area contributed by atoms with Gasteiger partial charge >= 0.3 is 0 Å². The zero-order chi connectivity index (χ0) is 14.7. The van der Waals surface area contributed by atoms with Gasteiger partial charge in [0.15, 0.2) is 0 Å². The standard InChI is InChI=1S/C19H30O2/c1-18-9-7-14(20)12-13(18)5-6-15-16(18)8-10-19(2)17(15)4-3-11-21-19/h13,15-17H,3-12H2,1-2H3/t13-,15-,16+,17-,18-,19-/m1/s1. The van der Waals surface area contributed by atoms with Gasteiger partial charge in [0.25, 0.3) is 0 Å². The highest BCUT2D eigenvalue weighted by molar-refractivity contribution is 5.79. The summed E-state index contributed by atoms with van der Waals surface area (Å²) in [6.45, 7) is 5.87. The van der Waals surface area contributed by atoms with Gasteiger partial charge in [0, 0.05) is 19.4 Å². The normalized spacial score (nSPS) is 53.5. The molecule has 1 heterocycles. The van der Waals surface area contributed by atoms with Gasteiger partial charge in [-0.25, -0.2) is 0 Å². The summed E-state index contributed by atoms with van der Waals surface area (Å²) in [5.41, 5.74) is 0.600. The molecule has 0 amide bonds. The fraction of sp³-hybridized carbons (Fsp3) is 0.947. The average Bonchev–Trinajstić information content (AvgIpc) is 2.47. The van der Waals surface area contributed by atoms with Crippen molar-refractivity contribution in [2.45, 2.75) is 77.2 Å². The third-order valence-corrected chi connectivity index (χ3v) is 7.91. The fourth-order valence-corrected chi connectivity index (χ4v) is 6.64. The van der Waals surface area contributed by atoms with E-state index in [-0.39, 0.29) is 5.60 Å². The molecule has 0 radical (unpaired) electrons. The first kappa shape index (κ1) is 14.2. The number of carbonyl (C=O) groups excluding carboxylic acids is 1. The lowest BCUT2D eigenvalue weighted by atomic mass is 9.46. The van der Waals surface area contributed by atoms with Crippen LogP contribution in [0.2, 0.25) is 0 Å². The molecule has 4 rings (SSSR count). The van der Waals surface area contributed by atoms with Crippen molar-refractivity contribution in [2.24, 2.45) is 29.1 Å². The summed E-state index contributed by atoms with van der Waals surface area (Å²) in [5, 5.41) is 0. The van der Waals surface area contributed by atoms with Gasteiger partial charge in [0.05, 0.1) is 5.60 Å². The smallest absolute Gasteiger partial charge is 0.133 e. The second-order valence-electron chi connectivity index (χ2n) is 8.74. The molecule has 0 spiro atoms. The van der Waals surface area contributed by atoms with Crippen LogP contribution in [0.5, 0.6) is 0 Å². The Balaban J connectivity index is 1.62. The summed E-state index contributed by atoms with van der Waals surface area (Å²) in [4.78, 5) is 11.9. The maximum absolute atomic E-state index is 11.9. The maximum Gasteiger partial charge on any atom is 0.133 e. The monoisotopic (exact) mass is 290 g/mol. The molecule has 6 atom stereocenters. The third kappa shape index (κ3) is 2.04. The molecule has 3 aliphatic carbocycles. The van der Waals surface area contributed by atoms with Crippen LogP contribution in [0.1, 0.15) is 71.6 Å². The molecular formula is C19H30O2. The molecule has 2 heteroatoms. The van der Waals surface area contributed by atoms with Crippen molar-refractivity contribution in [1.29, 1.82) is 0 Å². The predicted octanol–water partition coefficient (Wildman–Crippen LogP) is 4.37. The van der Waals surface area contributed by atoms with E-state index in [0.717, 1.165) is 43.6 Å². The van der Waals surface area contributed by atoms with Crippen LogP contribution in [0, 0.1) is 29.1 Å². The molecule has 1 aliphatic heterocycles. The minimum Gasteiger partial charge on any atom is -0.375 e. The first-order chi connectivity index (χ1) is 10.0. The van der Waals surface area contributed by atoms with Gasteiger partial charge in [-0.05, 0) is 81.0 Å². The maximum atomic E-state index is 11.9. The van der Waals surface area contributed by atoms with Gasteiger partial charge < -0.3 is 4.74 Å².